The fourth-order valence-electron chi connectivity index (χ4n) is 0. The van der Waals surface area contributed by atoms with Crippen molar-refractivity contribution >= 4 is 12.4 Å². The monoisotopic (exact) mass is 104 g/mol. The van der Waals surface area contributed by atoms with Gasteiger partial charge in [0.25, 0.3) is 0 Å². The molecule has 2 heteroatoms. The molecule has 0 saturated heterocycles. The summed E-state index contributed by atoms with van der Waals surface area (Å²) in [6.07, 6.45) is 0. The van der Waals surface area contributed by atoms with Crippen LogP contribution in [0.5, 0.6) is 0 Å². The van der Waals surface area contributed by atoms with Crippen molar-refractivity contribution in [2.45, 2.75) is 19.7 Å². The van der Waals surface area contributed by atoms with Gasteiger partial charge in [-0.25, -0.2) is 0 Å². The molecule has 0 rings (SSSR count). The molecule has 1 nitrogen and oxygen atoms in total. The van der Waals surface area contributed by atoms with Crippen LogP contribution in [-0.4, -0.2) is 6.02 Å². The van der Waals surface area contributed by atoms with E-state index < -0.39 is 25.4 Å². The van der Waals surface area contributed by atoms with Gasteiger partial charge in [0.15, 0.2) is 0 Å². The van der Waals surface area contributed by atoms with E-state index in [1.807, 2.05) is 0 Å². The van der Waals surface area contributed by atoms with Crippen LogP contribution in [0.2, 0.25) is 2.82 Å². The fourth-order valence-corrected chi connectivity index (χ4v) is 0. The molecule has 0 aromatic heterocycles. The molecule has 0 aromatic carbocycles. The molecule has 5 heavy (non-hydrogen) atoms. The molecule has 0 aromatic rings. The molecule has 0 bridgehead atoms. The molecule has 0 aliphatic heterocycles. The molecular weight excluding hydrogens is 85.5 g/mol. The van der Waals surface area contributed by atoms with Gasteiger partial charge in [-0.15, -0.1) is 12.4 Å². The van der Waals surface area contributed by atoms with Crippen molar-refractivity contribution in [3.8, 4) is 0 Å². The van der Waals surface area contributed by atoms with E-state index in [1.165, 1.54) is 0 Å². The second-order valence-electron chi connectivity index (χ2n) is 0.349. The smallest absolute Gasteiger partial charge is 0.119 e. The zero-order valence-corrected chi connectivity index (χ0v) is 3.17. The first-order chi connectivity index (χ1) is 5.44. The Morgan fingerprint density at radius 1 is 2.20 bits per heavy atom. The predicted octanol–water partition coefficient (Wildman–Crippen LogP) is 0.775. The molecule has 0 unspecified atom stereocenters. The summed E-state index contributed by atoms with van der Waals surface area (Å²) in [6, 6.07) is -3.21. The number of hydrogen-bond donors (Lipinski definition) is 1. The van der Waals surface area contributed by atoms with Crippen LogP contribution in [0.1, 0.15) is 23.3 Å². The Kier molecular flexibility index (Phi) is 0.537. The minimum atomic E-state index is -3.23. The lowest BCUT2D eigenvalue weighted by Gasteiger charge is -1.81. The van der Waals surface area contributed by atoms with Crippen LogP contribution in [0.3, 0.4) is 0 Å². The second-order valence-corrected chi connectivity index (χ2v) is 0.349. The highest BCUT2D eigenvalue weighted by atomic mass is 35.5. The quantitative estimate of drug-likeness (QED) is 0.523. The molecule has 0 fully saturated rings. The summed E-state index contributed by atoms with van der Waals surface area (Å²) in [6.45, 7) is -6.47. The summed E-state index contributed by atoms with van der Waals surface area (Å²) in [5, 5.41) is 0. The van der Waals surface area contributed by atoms with E-state index in [9.17, 15) is 0 Å². The molecule has 0 radical (unpaired) electrons. The van der Waals surface area contributed by atoms with Crippen LogP contribution in [0, 0.1) is 0 Å². The summed E-state index contributed by atoms with van der Waals surface area (Å²) >= 11 is 0. The van der Waals surface area contributed by atoms with Gasteiger partial charge < -0.3 is 5.72 Å². The summed E-state index contributed by atoms with van der Waals surface area (Å²) in [5.41, 5.74) is -0.604. The number of halogens is 1. The van der Waals surface area contributed by atoms with Crippen LogP contribution >= 0.6 is 12.4 Å². The molecule has 0 amide bonds. The highest BCUT2D eigenvalue weighted by molar-refractivity contribution is 5.85. The maximum absolute atomic E-state index is 7.10. The summed E-state index contributed by atoms with van der Waals surface area (Å²) in [4.78, 5) is 0. The zero-order chi connectivity index (χ0) is 11.1. The van der Waals surface area contributed by atoms with E-state index in [2.05, 4.69) is 0 Å². The highest BCUT2D eigenvalue weighted by Gasteiger charge is 1.67. The topological polar surface area (TPSA) is 26.0 Å². The number of nitrogens with two attached hydrogens (primary N) is 1. The van der Waals surface area contributed by atoms with E-state index in [-0.39, 0.29) is 12.4 Å². The lowest BCUT2D eigenvalue weighted by Crippen LogP contribution is -2.06. The number of hydrogen-bond acceptors (Lipinski definition) is 1. The van der Waals surface area contributed by atoms with E-state index in [0.29, 0.717) is 0 Å². The van der Waals surface area contributed by atoms with Crippen molar-refractivity contribution in [2.75, 3.05) is 0 Å². The van der Waals surface area contributed by atoms with E-state index in [0.717, 1.165) is 0 Å². The third-order valence-corrected chi connectivity index (χ3v) is 0. The summed E-state index contributed by atoms with van der Waals surface area (Å²) in [5.74, 6) is 0. The fraction of sp³-hybridized carbons (Fsp3) is 1.00. The molecule has 0 saturated carbocycles. The lowest BCUT2D eigenvalue weighted by atomic mass is 10.5. The van der Waals surface area contributed by atoms with Crippen LogP contribution < -0.4 is 5.72 Å². The number of rotatable bonds is 1. The molecule has 0 atom stereocenters. The maximum atomic E-state index is 7.10. The van der Waals surface area contributed by atoms with Crippen molar-refractivity contribution in [1.82, 2.24) is 0 Å². The van der Waals surface area contributed by atoms with Gasteiger partial charge in [0, 0.05) is 9.60 Å². The average Bonchev–Trinajstić information content (AvgIpc) is 1.80. The Labute approximate surface area is 51.7 Å². The third kappa shape index (κ3) is 344. The van der Waals surface area contributed by atoms with Gasteiger partial charge in [0.2, 0.25) is 0 Å². The highest BCUT2D eigenvalue weighted by Crippen LogP contribution is 1.58. The van der Waals surface area contributed by atoms with Crippen LogP contribution in [0.4, 0.5) is 0 Å². The normalized spacial score (nSPS) is 41.4. The van der Waals surface area contributed by atoms with Gasteiger partial charge in [-0.2, -0.15) is 0 Å². The van der Waals surface area contributed by atoms with Gasteiger partial charge in [-0.3, -0.25) is 0 Å². The molecule has 2 N–H and O–H groups in total. The minimum Gasteiger partial charge on any atom is -0.328 e. The third-order valence-electron chi connectivity index (χ3n) is 0. The maximum Gasteiger partial charge on any atom is 0.119 e. The lowest BCUT2D eigenvalue weighted by molar-refractivity contribution is 0.834. The first kappa shape index (κ1) is 0.632. The Morgan fingerprint density at radius 2 is 2.80 bits per heavy atom. The van der Waals surface area contributed by atoms with Gasteiger partial charge in [-0.05, 0) is 6.02 Å². The predicted molar refractivity (Wildman–Crippen MR) is 26.6 cm³/mol. The summed E-state index contributed by atoms with van der Waals surface area (Å²) in [7, 11) is 0. The van der Waals surface area contributed by atoms with Crippen molar-refractivity contribution < 1.29 is 12.4 Å². The largest absolute Gasteiger partial charge is 0.328 e. The second kappa shape index (κ2) is 4.25. The average molecular weight is 105 g/mol. The molecule has 0 spiro atoms. The van der Waals surface area contributed by atoms with Gasteiger partial charge in [-0.1, -0.05) is 13.7 Å². The van der Waals surface area contributed by atoms with E-state index >= 15 is 0 Å². The Morgan fingerprint density at radius 3 is 2.80 bits per heavy atom. The molecule has 0 aliphatic carbocycles. The van der Waals surface area contributed by atoms with E-state index in [1.54, 1.807) is 0 Å². The van der Waals surface area contributed by atoms with Gasteiger partial charge in [0.1, 0.15) is 2.82 Å². The van der Waals surface area contributed by atoms with Gasteiger partial charge in [0.05, 0.1) is 0 Å². The molecule has 34 valence electrons. The SMILES string of the molecule is Cl.[2H]N([2H])C([2H])(C([2H])([2H])[2H])C([2H])([2H])[2H]. The van der Waals surface area contributed by atoms with Crippen molar-refractivity contribution in [2.24, 2.45) is 5.72 Å². The van der Waals surface area contributed by atoms with Gasteiger partial charge >= 0.3 is 0 Å². The van der Waals surface area contributed by atoms with E-state index in [4.69, 9.17) is 12.4 Å². The van der Waals surface area contributed by atoms with Crippen molar-refractivity contribution in [1.29, 1.82) is 0 Å². The minimum absolute atomic E-state index is 0. The first-order valence-electron chi connectivity index (χ1n) is 5.12. The van der Waals surface area contributed by atoms with Crippen molar-refractivity contribution in [3.63, 3.8) is 0 Å². The Bertz CT molecular complexity index is 167. The van der Waals surface area contributed by atoms with Crippen LogP contribution in [0.15, 0.2) is 0 Å². The molecule has 0 heterocycles. The summed E-state index contributed by atoms with van der Waals surface area (Å²) < 4.78 is 61.0. The standard InChI is InChI=1S/C3H9N.ClH/c1-3(2)4;/h3H,4H2,1-2H3;1H/i1D3,2D3,3D;/hD2. The van der Waals surface area contributed by atoms with Crippen LogP contribution in [0.25, 0.3) is 0 Å². The first-order valence-corrected chi connectivity index (χ1v) is 0.724. The van der Waals surface area contributed by atoms with Crippen LogP contribution in [-0.2, 0) is 0 Å². The molecule has 0 aliphatic rings. The zero-order valence-electron chi connectivity index (χ0n) is 11.4. The Hall–Kier alpha value is 0.250. The molecular formula is C3H10ClN. The van der Waals surface area contributed by atoms with Crippen molar-refractivity contribution in [3.05, 3.63) is 0 Å². The Balaban J connectivity index is 0.